The van der Waals surface area contributed by atoms with E-state index in [9.17, 15) is 14.4 Å². The first-order valence-electron chi connectivity index (χ1n) is 13.5. The van der Waals surface area contributed by atoms with E-state index in [-0.39, 0.29) is 30.6 Å². The number of hydrogen-bond donors (Lipinski definition) is 3. The summed E-state index contributed by atoms with van der Waals surface area (Å²) in [4.78, 5) is 47.9. The first kappa shape index (κ1) is 28.7. The summed E-state index contributed by atoms with van der Waals surface area (Å²) in [6, 6.07) is 3.95. The number of ether oxygens (including phenoxy) is 2. The van der Waals surface area contributed by atoms with E-state index in [1.807, 2.05) is 58.4 Å². The van der Waals surface area contributed by atoms with Gasteiger partial charge in [0.2, 0.25) is 5.78 Å². The first-order valence-corrected chi connectivity index (χ1v) is 13.5. The molecule has 0 aliphatic rings. The average Bonchev–Trinajstić information content (AvgIpc) is 3.71. The van der Waals surface area contributed by atoms with Crippen LogP contribution in [0.1, 0.15) is 79.5 Å². The Bertz CT molecular complexity index is 1520. The van der Waals surface area contributed by atoms with E-state index in [4.69, 9.17) is 9.47 Å². The Balaban J connectivity index is 1.69. The molecule has 9 nitrogen and oxygen atoms in total. The highest BCUT2D eigenvalue weighted by Gasteiger charge is 2.25. The number of ketones is 1. The lowest BCUT2D eigenvalue weighted by molar-refractivity contribution is -0.141. The SMILES string of the molecule is COC(=O)CCc1c(C)c[nH]c1Cc1[nH]c(C(=O)c2[nH]c(Cn3cccc3)c(C)c2C)c(C)c1CCC(=O)OC. The van der Waals surface area contributed by atoms with Crippen molar-refractivity contribution in [2.45, 2.75) is 66.3 Å². The molecule has 0 spiro atoms. The molecule has 212 valence electrons. The maximum absolute atomic E-state index is 13.9. The molecular formula is C31H38N4O5. The van der Waals surface area contributed by atoms with Gasteiger partial charge in [-0.25, -0.2) is 0 Å². The summed E-state index contributed by atoms with van der Waals surface area (Å²) in [5.74, 6) is -0.683. The van der Waals surface area contributed by atoms with Crippen molar-refractivity contribution in [2.24, 2.45) is 0 Å². The largest absolute Gasteiger partial charge is 0.469 e. The van der Waals surface area contributed by atoms with Crippen LogP contribution in [0.4, 0.5) is 0 Å². The van der Waals surface area contributed by atoms with Gasteiger partial charge >= 0.3 is 11.9 Å². The van der Waals surface area contributed by atoms with Crippen molar-refractivity contribution in [3.63, 3.8) is 0 Å². The number of esters is 2. The maximum Gasteiger partial charge on any atom is 0.305 e. The molecule has 0 aromatic carbocycles. The second kappa shape index (κ2) is 12.3. The molecule has 4 aromatic rings. The van der Waals surface area contributed by atoms with Crippen LogP contribution in [0.5, 0.6) is 0 Å². The van der Waals surface area contributed by atoms with Crippen LogP contribution >= 0.6 is 0 Å². The zero-order valence-corrected chi connectivity index (χ0v) is 24.1. The second-order valence-electron chi connectivity index (χ2n) is 10.3. The summed E-state index contributed by atoms with van der Waals surface area (Å²) < 4.78 is 11.8. The molecule has 0 unspecified atom stereocenters. The van der Waals surface area contributed by atoms with Gasteiger partial charge in [0.1, 0.15) is 0 Å². The van der Waals surface area contributed by atoms with Crippen molar-refractivity contribution < 1.29 is 23.9 Å². The summed E-state index contributed by atoms with van der Waals surface area (Å²) in [5.41, 5.74) is 9.71. The van der Waals surface area contributed by atoms with E-state index in [0.29, 0.717) is 37.2 Å². The Morgan fingerprint density at radius 2 is 1.32 bits per heavy atom. The quantitative estimate of drug-likeness (QED) is 0.174. The normalized spacial score (nSPS) is 11.2. The van der Waals surface area contributed by atoms with E-state index in [1.54, 1.807) is 0 Å². The molecule has 0 amide bonds. The molecule has 4 rings (SSSR count). The van der Waals surface area contributed by atoms with E-state index < -0.39 is 0 Å². The smallest absolute Gasteiger partial charge is 0.305 e. The zero-order chi connectivity index (χ0) is 29.0. The molecule has 4 aromatic heterocycles. The molecule has 4 heterocycles. The number of aromatic amines is 3. The highest BCUT2D eigenvalue weighted by Crippen LogP contribution is 2.28. The van der Waals surface area contributed by atoms with Crippen LogP contribution in [0.2, 0.25) is 0 Å². The lowest BCUT2D eigenvalue weighted by Gasteiger charge is -2.08. The van der Waals surface area contributed by atoms with Crippen LogP contribution in [0, 0.1) is 27.7 Å². The topological polar surface area (TPSA) is 122 Å². The van der Waals surface area contributed by atoms with E-state index >= 15 is 0 Å². The molecule has 3 N–H and O–H groups in total. The number of carbonyl (C=O) groups is 3. The summed E-state index contributed by atoms with van der Waals surface area (Å²) in [5, 5.41) is 0. The van der Waals surface area contributed by atoms with Crippen molar-refractivity contribution in [3.8, 4) is 0 Å². The molecule has 0 fully saturated rings. The first-order chi connectivity index (χ1) is 19.1. The molecular weight excluding hydrogens is 508 g/mol. The number of rotatable bonds is 12. The van der Waals surface area contributed by atoms with Crippen molar-refractivity contribution in [2.75, 3.05) is 14.2 Å². The van der Waals surface area contributed by atoms with Crippen LogP contribution in [-0.4, -0.2) is 51.5 Å². The standard InChI is InChI=1S/C31H38N4O5/c1-18-16-32-24(22(18)9-11-27(36)39-5)15-25-23(10-12-28(37)40-6)21(4)30(33-25)31(38)29-20(3)19(2)26(34-29)17-35-13-7-8-14-35/h7-8,13-14,16,32-34H,9-12,15,17H2,1-6H3. The van der Waals surface area contributed by atoms with Crippen LogP contribution in [0.3, 0.4) is 0 Å². The molecule has 0 aliphatic carbocycles. The van der Waals surface area contributed by atoms with Crippen molar-refractivity contribution in [1.29, 1.82) is 0 Å². The average molecular weight is 547 g/mol. The maximum atomic E-state index is 13.9. The predicted octanol–water partition coefficient (Wildman–Crippen LogP) is 4.79. The number of aryl methyl sites for hydroxylation is 1. The Labute approximate surface area is 234 Å². The van der Waals surface area contributed by atoms with Crippen LogP contribution < -0.4 is 0 Å². The molecule has 0 saturated heterocycles. The molecule has 9 heteroatoms. The van der Waals surface area contributed by atoms with Gasteiger partial charge in [-0.05, 0) is 86.1 Å². The van der Waals surface area contributed by atoms with Gasteiger partial charge in [0, 0.05) is 54.9 Å². The Kier molecular flexibility index (Phi) is 8.82. The van der Waals surface area contributed by atoms with E-state index in [0.717, 1.165) is 50.5 Å². The third-order valence-electron chi connectivity index (χ3n) is 7.87. The lowest BCUT2D eigenvalue weighted by Crippen LogP contribution is -2.07. The summed E-state index contributed by atoms with van der Waals surface area (Å²) in [6.45, 7) is 8.56. The minimum absolute atomic E-state index is 0.115. The third kappa shape index (κ3) is 5.98. The van der Waals surface area contributed by atoms with Gasteiger partial charge in [-0.3, -0.25) is 14.4 Å². The van der Waals surface area contributed by atoms with Gasteiger partial charge in [-0.2, -0.15) is 0 Å². The van der Waals surface area contributed by atoms with Gasteiger partial charge in [-0.1, -0.05) is 0 Å². The fourth-order valence-electron chi connectivity index (χ4n) is 5.28. The van der Waals surface area contributed by atoms with E-state index in [2.05, 4.69) is 19.5 Å². The highest BCUT2D eigenvalue weighted by molar-refractivity contribution is 6.09. The van der Waals surface area contributed by atoms with Crippen molar-refractivity contribution >= 4 is 17.7 Å². The molecule has 0 saturated carbocycles. The zero-order valence-electron chi connectivity index (χ0n) is 24.1. The lowest BCUT2D eigenvalue weighted by atomic mass is 9.98. The van der Waals surface area contributed by atoms with Gasteiger partial charge in [0.15, 0.2) is 0 Å². The predicted molar refractivity (Wildman–Crippen MR) is 152 cm³/mol. The molecule has 0 aliphatic heterocycles. The number of H-pyrrole nitrogens is 3. The Morgan fingerprint density at radius 3 is 1.95 bits per heavy atom. The monoisotopic (exact) mass is 546 g/mol. The minimum Gasteiger partial charge on any atom is -0.469 e. The number of nitrogens with one attached hydrogen (secondary N) is 3. The van der Waals surface area contributed by atoms with Crippen LogP contribution in [0.15, 0.2) is 30.7 Å². The number of aromatic nitrogens is 4. The van der Waals surface area contributed by atoms with Gasteiger partial charge < -0.3 is 29.0 Å². The van der Waals surface area contributed by atoms with Gasteiger partial charge in [0.05, 0.1) is 32.2 Å². The summed E-state index contributed by atoms with van der Waals surface area (Å²) in [6.07, 6.45) is 7.88. The summed E-state index contributed by atoms with van der Waals surface area (Å²) >= 11 is 0. The Hall–Kier alpha value is -4.27. The van der Waals surface area contributed by atoms with Crippen LogP contribution in [-0.2, 0) is 44.9 Å². The molecule has 0 atom stereocenters. The van der Waals surface area contributed by atoms with Gasteiger partial charge in [-0.15, -0.1) is 0 Å². The fraction of sp³-hybridized carbons (Fsp3) is 0.387. The number of nitrogens with zero attached hydrogens (tertiary/aromatic N) is 1. The molecule has 0 bridgehead atoms. The highest BCUT2D eigenvalue weighted by atomic mass is 16.5. The third-order valence-corrected chi connectivity index (χ3v) is 7.87. The van der Waals surface area contributed by atoms with Crippen molar-refractivity contribution in [3.05, 3.63) is 92.6 Å². The number of methoxy groups -OCH3 is 2. The second-order valence-corrected chi connectivity index (χ2v) is 10.3. The fourth-order valence-corrected chi connectivity index (χ4v) is 5.28. The number of carbonyl (C=O) groups excluding carboxylic acids is 3. The Morgan fingerprint density at radius 1 is 0.750 bits per heavy atom. The minimum atomic E-state index is -0.306. The summed E-state index contributed by atoms with van der Waals surface area (Å²) in [7, 11) is 2.76. The number of hydrogen-bond acceptors (Lipinski definition) is 5. The van der Waals surface area contributed by atoms with Gasteiger partial charge in [0.25, 0.3) is 0 Å². The molecule has 40 heavy (non-hydrogen) atoms. The van der Waals surface area contributed by atoms with Crippen LogP contribution in [0.25, 0.3) is 0 Å². The van der Waals surface area contributed by atoms with E-state index in [1.165, 1.54) is 14.2 Å². The van der Waals surface area contributed by atoms with Crippen molar-refractivity contribution in [1.82, 2.24) is 19.5 Å². The molecule has 0 radical (unpaired) electrons.